The second kappa shape index (κ2) is 5.03. The number of halogens is 2. The van der Waals surface area contributed by atoms with Crippen molar-refractivity contribution in [2.24, 2.45) is 0 Å². The molecule has 88 valence electrons. The number of carbonyl (C=O) groups is 1. The molecule has 0 heterocycles. The first-order chi connectivity index (χ1) is 7.41. The molecule has 0 fully saturated rings. The molecular weight excluding hydrogens is 216 g/mol. The zero-order chi connectivity index (χ0) is 12.3. The van der Waals surface area contributed by atoms with Crippen molar-refractivity contribution in [3.05, 3.63) is 35.4 Å². The molecule has 16 heavy (non-hydrogen) atoms. The monoisotopic (exact) mass is 229 g/mol. The van der Waals surface area contributed by atoms with Crippen LogP contribution in [0.5, 0.6) is 0 Å². The molecule has 1 N–H and O–H groups in total. The minimum Gasteiger partial charge on any atom is -0.481 e. The Morgan fingerprint density at radius 1 is 1.44 bits per heavy atom. The van der Waals surface area contributed by atoms with E-state index in [0.29, 0.717) is 0 Å². The van der Waals surface area contributed by atoms with Gasteiger partial charge in [0.15, 0.2) is 0 Å². The molecule has 0 spiro atoms. The van der Waals surface area contributed by atoms with Crippen LogP contribution in [0, 0.1) is 11.6 Å². The highest BCUT2D eigenvalue weighted by molar-refractivity contribution is 5.68. The highest BCUT2D eigenvalue weighted by Crippen LogP contribution is 2.25. The van der Waals surface area contributed by atoms with Gasteiger partial charge in [-0.05, 0) is 32.3 Å². The molecular formula is C11H13F2NO2. The Morgan fingerprint density at radius 2 is 2.06 bits per heavy atom. The summed E-state index contributed by atoms with van der Waals surface area (Å²) >= 11 is 0. The number of benzene rings is 1. The Balaban J connectivity index is 3.09. The Hall–Kier alpha value is -1.49. The Morgan fingerprint density at radius 3 is 2.56 bits per heavy atom. The molecule has 1 aromatic rings. The average molecular weight is 229 g/mol. The SMILES string of the molecule is CN(C)C(CC(=O)O)c1cc(F)ccc1F. The summed E-state index contributed by atoms with van der Waals surface area (Å²) in [6.07, 6.45) is -0.270. The average Bonchev–Trinajstić information content (AvgIpc) is 2.18. The lowest BCUT2D eigenvalue weighted by Crippen LogP contribution is -2.23. The number of aliphatic carboxylic acids is 1. The summed E-state index contributed by atoms with van der Waals surface area (Å²) in [4.78, 5) is 12.2. The predicted molar refractivity (Wildman–Crippen MR) is 55.0 cm³/mol. The van der Waals surface area contributed by atoms with Crippen molar-refractivity contribution in [1.29, 1.82) is 0 Å². The van der Waals surface area contributed by atoms with Gasteiger partial charge in [0.05, 0.1) is 6.42 Å². The predicted octanol–water partition coefficient (Wildman–Crippen LogP) is 2.04. The molecule has 1 unspecified atom stereocenters. The number of rotatable bonds is 4. The Kier molecular flexibility index (Phi) is 3.95. The summed E-state index contributed by atoms with van der Waals surface area (Å²) in [5, 5.41) is 8.71. The van der Waals surface area contributed by atoms with Gasteiger partial charge >= 0.3 is 5.97 Å². The molecule has 1 aromatic carbocycles. The van der Waals surface area contributed by atoms with Gasteiger partial charge in [-0.25, -0.2) is 8.78 Å². The summed E-state index contributed by atoms with van der Waals surface area (Å²) in [6, 6.07) is 2.37. The van der Waals surface area contributed by atoms with Crippen molar-refractivity contribution >= 4 is 5.97 Å². The molecule has 3 nitrogen and oxygen atoms in total. The van der Waals surface area contributed by atoms with Gasteiger partial charge in [-0.15, -0.1) is 0 Å². The molecule has 0 bridgehead atoms. The summed E-state index contributed by atoms with van der Waals surface area (Å²) in [5.74, 6) is -2.22. The van der Waals surface area contributed by atoms with E-state index >= 15 is 0 Å². The van der Waals surface area contributed by atoms with E-state index in [-0.39, 0.29) is 12.0 Å². The number of hydrogen-bond acceptors (Lipinski definition) is 2. The molecule has 0 radical (unpaired) electrons. The maximum atomic E-state index is 13.4. The Bertz CT molecular complexity index is 394. The van der Waals surface area contributed by atoms with Crippen molar-refractivity contribution in [3.63, 3.8) is 0 Å². The smallest absolute Gasteiger partial charge is 0.305 e. The molecule has 0 aromatic heterocycles. The topological polar surface area (TPSA) is 40.5 Å². The van der Waals surface area contributed by atoms with Gasteiger partial charge < -0.3 is 10.0 Å². The fourth-order valence-corrected chi connectivity index (χ4v) is 1.51. The molecule has 1 rings (SSSR count). The van der Waals surface area contributed by atoms with E-state index in [1.165, 1.54) is 0 Å². The van der Waals surface area contributed by atoms with Crippen molar-refractivity contribution in [1.82, 2.24) is 4.90 Å². The molecule has 0 aliphatic heterocycles. The van der Waals surface area contributed by atoms with Crippen molar-refractivity contribution in [2.75, 3.05) is 14.1 Å². The minimum atomic E-state index is -1.05. The third kappa shape index (κ3) is 3.00. The Labute approximate surface area is 92.3 Å². The van der Waals surface area contributed by atoms with Crippen LogP contribution in [0.15, 0.2) is 18.2 Å². The van der Waals surface area contributed by atoms with Gasteiger partial charge in [0, 0.05) is 11.6 Å². The van der Waals surface area contributed by atoms with Crippen LogP contribution in [-0.2, 0) is 4.79 Å². The highest BCUT2D eigenvalue weighted by Gasteiger charge is 2.21. The van der Waals surface area contributed by atoms with E-state index < -0.39 is 23.6 Å². The first kappa shape index (κ1) is 12.6. The third-order valence-corrected chi connectivity index (χ3v) is 2.31. The fraction of sp³-hybridized carbons (Fsp3) is 0.364. The van der Waals surface area contributed by atoms with Crippen molar-refractivity contribution < 1.29 is 18.7 Å². The van der Waals surface area contributed by atoms with Gasteiger partial charge in [0.2, 0.25) is 0 Å². The zero-order valence-electron chi connectivity index (χ0n) is 9.08. The summed E-state index contributed by atoms with van der Waals surface area (Å²) in [6.45, 7) is 0. The van der Waals surface area contributed by atoms with Crippen LogP contribution in [0.25, 0.3) is 0 Å². The van der Waals surface area contributed by atoms with Crippen LogP contribution in [-0.4, -0.2) is 30.1 Å². The lowest BCUT2D eigenvalue weighted by atomic mass is 10.0. The van der Waals surface area contributed by atoms with Crippen LogP contribution in [0.1, 0.15) is 18.0 Å². The lowest BCUT2D eigenvalue weighted by Gasteiger charge is -2.23. The number of nitrogens with zero attached hydrogens (tertiary/aromatic N) is 1. The number of carboxylic acids is 1. The summed E-state index contributed by atoms with van der Waals surface area (Å²) in [7, 11) is 3.25. The lowest BCUT2D eigenvalue weighted by molar-refractivity contribution is -0.138. The molecule has 0 aliphatic rings. The maximum absolute atomic E-state index is 13.4. The van der Waals surface area contributed by atoms with Crippen LogP contribution in [0.4, 0.5) is 8.78 Å². The second-order valence-electron chi connectivity index (χ2n) is 3.74. The van der Waals surface area contributed by atoms with Gasteiger partial charge in [-0.3, -0.25) is 4.79 Å². The molecule has 0 amide bonds. The summed E-state index contributed by atoms with van der Waals surface area (Å²) in [5.41, 5.74) is 0.0624. The van der Waals surface area contributed by atoms with Gasteiger partial charge in [-0.1, -0.05) is 0 Å². The highest BCUT2D eigenvalue weighted by atomic mass is 19.1. The van der Waals surface area contributed by atoms with E-state index in [1.807, 2.05) is 0 Å². The van der Waals surface area contributed by atoms with E-state index in [2.05, 4.69) is 0 Å². The van der Waals surface area contributed by atoms with E-state index in [9.17, 15) is 13.6 Å². The first-order valence-corrected chi connectivity index (χ1v) is 4.75. The molecule has 1 atom stereocenters. The third-order valence-electron chi connectivity index (χ3n) is 2.31. The molecule has 0 saturated carbocycles. The standard InChI is InChI=1S/C11H13F2NO2/c1-14(2)10(6-11(15)16)8-5-7(12)3-4-9(8)13/h3-5,10H,6H2,1-2H3,(H,15,16). The van der Waals surface area contributed by atoms with Crippen LogP contribution >= 0.6 is 0 Å². The van der Waals surface area contributed by atoms with Crippen LogP contribution in [0.2, 0.25) is 0 Å². The van der Waals surface area contributed by atoms with E-state index in [4.69, 9.17) is 5.11 Å². The van der Waals surface area contributed by atoms with Gasteiger partial charge in [0.1, 0.15) is 11.6 Å². The van der Waals surface area contributed by atoms with Crippen molar-refractivity contribution in [2.45, 2.75) is 12.5 Å². The normalized spacial score (nSPS) is 12.8. The van der Waals surface area contributed by atoms with E-state index in [0.717, 1.165) is 18.2 Å². The second-order valence-corrected chi connectivity index (χ2v) is 3.74. The molecule has 5 heteroatoms. The zero-order valence-corrected chi connectivity index (χ0v) is 9.08. The largest absolute Gasteiger partial charge is 0.481 e. The number of hydrogen-bond donors (Lipinski definition) is 1. The molecule has 0 saturated heterocycles. The maximum Gasteiger partial charge on any atom is 0.305 e. The quantitative estimate of drug-likeness (QED) is 0.858. The van der Waals surface area contributed by atoms with E-state index in [1.54, 1.807) is 19.0 Å². The van der Waals surface area contributed by atoms with Gasteiger partial charge in [-0.2, -0.15) is 0 Å². The fourth-order valence-electron chi connectivity index (χ4n) is 1.51. The van der Waals surface area contributed by atoms with Crippen LogP contribution in [0.3, 0.4) is 0 Å². The van der Waals surface area contributed by atoms with Crippen molar-refractivity contribution in [3.8, 4) is 0 Å². The minimum absolute atomic E-state index is 0.0624. The number of carboxylic acid groups (broad SMARTS) is 1. The molecule has 0 aliphatic carbocycles. The van der Waals surface area contributed by atoms with Gasteiger partial charge in [0.25, 0.3) is 0 Å². The van der Waals surface area contributed by atoms with Crippen LogP contribution < -0.4 is 0 Å². The first-order valence-electron chi connectivity index (χ1n) is 4.75. The summed E-state index contributed by atoms with van der Waals surface area (Å²) < 4.78 is 26.4.